The van der Waals surface area contributed by atoms with Crippen LogP contribution in [0.4, 0.5) is 0 Å². The van der Waals surface area contributed by atoms with Crippen LogP contribution in [0.2, 0.25) is 0 Å². The summed E-state index contributed by atoms with van der Waals surface area (Å²) in [7, 11) is -3.58. The van der Waals surface area contributed by atoms with Crippen molar-refractivity contribution in [3.05, 3.63) is 60.0 Å². The number of carbonyl (C=O) groups excluding carboxylic acids is 1. The van der Waals surface area contributed by atoms with Gasteiger partial charge in [-0.05, 0) is 24.3 Å². The maximum atomic E-state index is 12.0. The first-order valence-electron chi connectivity index (χ1n) is 8.20. The minimum absolute atomic E-state index is 0.00756. The molecule has 1 N–H and O–H groups in total. The molecule has 0 spiro atoms. The molecular weight excluding hydrogens is 370 g/mol. The van der Waals surface area contributed by atoms with Crippen LogP contribution in [0.1, 0.15) is 17.9 Å². The number of benzene rings is 2. The molecule has 4 rings (SSSR count). The van der Waals surface area contributed by atoms with E-state index in [4.69, 9.17) is 9.15 Å². The molecule has 9 heteroatoms. The number of fused-ring (bicyclic) bond motifs is 2. The fraction of sp³-hybridized carbons (Fsp3) is 0.167. The average molecular weight is 385 g/mol. The zero-order valence-electron chi connectivity index (χ0n) is 14.1. The van der Waals surface area contributed by atoms with Crippen molar-refractivity contribution in [3.63, 3.8) is 0 Å². The molecular formula is C18H15N3O5S. The summed E-state index contributed by atoms with van der Waals surface area (Å²) >= 11 is 0. The van der Waals surface area contributed by atoms with Crippen molar-refractivity contribution in [2.24, 2.45) is 4.99 Å². The maximum Gasteiger partial charge on any atom is 0.308 e. The number of sulfonamides is 1. The standard InChI is InChI=1S/C18H15N3O5S/c22-17(25-11-16-20-13-6-2-3-7-14(13)26-16)9-10-19-18-12-5-1-4-8-15(12)27(23,24)21-18/h1-8H,9-11H2,(H,19,21). The van der Waals surface area contributed by atoms with Gasteiger partial charge in [-0.1, -0.05) is 24.3 Å². The summed E-state index contributed by atoms with van der Waals surface area (Å²) in [5.74, 6) is 0.0708. The molecule has 8 nitrogen and oxygen atoms in total. The highest BCUT2D eigenvalue weighted by Crippen LogP contribution is 2.22. The minimum atomic E-state index is -3.58. The lowest BCUT2D eigenvalue weighted by Gasteiger charge is -2.01. The van der Waals surface area contributed by atoms with Crippen LogP contribution in [-0.2, 0) is 26.2 Å². The van der Waals surface area contributed by atoms with Gasteiger partial charge in [0.25, 0.3) is 10.0 Å². The van der Waals surface area contributed by atoms with E-state index in [0.717, 1.165) is 0 Å². The lowest BCUT2D eigenvalue weighted by atomic mass is 10.2. The highest BCUT2D eigenvalue weighted by atomic mass is 32.2. The Morgan fingerprint density at radius 2 is 1.93 bits per heavy atom. The molecule has 2 aromatic carbocycles. The molecule has 138 valence electrons. The normalized spacial score (nSPS) is 16.2. The molecule has 1 aliphatic heterocycles. The molecule has 27 heavy (non-hydrogen) atoms. The van der Waals surface area contributed by atoms with E-state index in [-0.39, 0.29) is 30.3 Å². The highest BCUT2D eigenvalue weighted by Gasteiger charge is 2.29. The second-order valence-corrected chi connectivity index (χ2v) is 7.47. The monoisotopic (exact) mass is 385 g/mol. The number of amidine groups is 1. The molecule has 3 aromatic rings. The van der Waals surface area contributed by atoms with Crippen molar-refractivity contribution in [1.82, 2.24) is 9.71 Å². The molecule has 0 saturated heterocycles. The Morgan fingerprint density at radius 1 is 1.15 bits per heavy atom. The number of aromatic nitrogens is 1. The van der Waals surface area contributed by atoms with E-state index in [1.165, 1.54) is 6.07 Å². The van der Waals surface area contributed by atoms with Gasteiger partial charge in [-0.3, -0.25) is 14.5 Å². The van der Waals surface area contributed by atoms with Crippen LogP contribution < -0.4 is 4.72 Å². The Bertz CT molecular complexity index is 1120. The van der Waals surface area contributed by atoms with Crippen molar-refractivity contribution in [3.8, 4) is 0 Å². The quantitative estimate of drug-likeness (QED) is 0.673. The second-order valence-electron chi connectivity index (χ2n) is 5.82. The Morgan fingerprint density at radius 3 is 2.78 bits per heavy atom. The van der Waals surface area contributed by atoms with Gasteiger partial charge < -0.3 is 9.15 Å². The molecule has 0 bridgehead atoms. The van der Waals surface area contributed by atoms with Gasteiger partial charge >= 0.3 is 5.97 Å². The van der Waals surface area contributed by atoms with Crippen molar-refractivity contribution in [2.45, 2.75) is 17.9 Å². The van der Waals surface area contributed by atoms with E-state index in [1.807, 2.05) is 12.1 Å². The van der Waals surface area contributed by atoms with Crippen molar-refractivity contribution >= 4 is 32.9 Å². The Kier molecular flexibility index (Phi) is 4.36. The Labute approximate surface area is 154 Å². The maximum absolute atomic E-state index is 12.0. The molecule has 0 unspecified atom stereocenters. The van der Waals surface area contributed by atoms with Crippen LogP contribution in [0.25, 0.3) is 11.1 Å². The Hall–Kier alpha value is -3.20. The number of aliphatic imine (C=N–C) groups is 1. The predicted octanol–water partition coefficient (Wildman–Crippen LogP) is 2.00. The number of nitrogens with zero attached hydrogens (tertiary/aromatic N) is 2. The molecule has 0 saturated carbocycles. The van der Waals surface area contributed by atoms with Crippen molar-refractivity contribution in [2.75, 3.05) is 6.54 Å². The number of rotatable bonds is 5. The SMILES string of the molecule is O=C(CCN=C1NS(=O)(=O)c2ccccc21)OCc1nc2ccccc2o1. The van der Waals surface area contributed by atoms with E-state index in [2.05, 4.69) is 14.7 Å². The van der Waals surface area contributed by atoms with Gasteiger partial charge in [-0.25, -0.2) is 13.4 Å². The highest BCUT2D eigenvalue weighted by molar-refractivity contribution is 7.90. The van der Waals surface area contributed by atoms with Crippen LogP contribution >= 0.6 is 0 Å². The van der Waals surface area contributed by atoms with E-state index >= 15 is 0 Å². The van der Waals surface area contributed by atoms with Gasteiger partial charge in [-0.15, -0.1) is 0 Å². The number of hydrogen-bond acceptors (Lipinski definition) is 7. The zero-order chi connectivity index (χ0) is 18.9. The average Bonchev–Trinajstić information content (AvgIpc) is 3.19. The fourth-order valence-corrected chi connectivity index (χ4v) is 3.96. The molecule has 2 heterocycles. The number of para-hydroxylation sites is 2. The van der Waals surface area contributed by atoms with E-state index in [0.29, 0.717) is 22.6 Å². The lowest BCUT2D eigenvalue weighted by molar-refractivity contribution is -0.145. The van der Waals surface area contributed by atoms with Crippen LogP contribution in [0.15, 0.2) is 62.8 Å². The lowest BCUT2D eigenvalue weighted by Crippen LogP contribution is -2.22. The van der Waals surface area contributed by atoms with Crippen LogP contribution in [-0.4, -0.2) is 31.8 Å². The van der Waals surface area contributed by atoms with Gasteiger partial charge in [0.1, 0.15) is 11.4 Å². The van der Waals surface area contributed by atoms with Gasteiger partial charge in [0.2, 0.25) is 5.89 Å². The topological polar surface area (TPSA) is 111 Å². The summed E-state index contributed by atoms with van der Waals surface area (Å²) in [6.45, 7) is 0.0259. The Balaban J connectivity index is 1.34. The third-order valence-electron chi connectivity index (χ3n) is 3.94. The van der Waals surface area contributed by atoms with E-state index < -0.39 is 16.0 Å². The number of ether oxygens (including phenoxy) is 1. The summed E-state index contributed by atoms with van der Waals surface area (Å²) in [5, 5.41) is 0. The summed E-state index contributed by atoms with van der Waals surface area (Å²) in [6.07, 6.45) is 0.00756. The molecule has 0 fully saturated rings. The summed E-state index contributed by atoms with van der Waals surface area (Å²) < 4.78 is 37.0. The third-order valence-corrected chi connectivity index (χ3v) is 5.34. The van der Waals surface area contributed by atoms with Crippen LogP contribution in [0, 0.1) is 0 Å². The number of carbonyl (C=O) groups is 1. The minimum Gasteiger partial charge on any atom is -0.456 e. The molecule has 1 aromatic heterocycles. The third kappa shape index (κ3) is 3.54. The van der Waals surface area contributed by atoms with Gasteiger partial charge in [0, 0.05) is 5.56 Å². The fourth-order valence-electron chi connectivity index (χ4n) is 2.71. The molecule has 0 radical (unpaired) electrons. The number of oxazole rings is 1. The first-order chi connectivity index (χ1) is 13.0. The summed E-state index contributed by atoms with van der Waals surface area (Å²) in [4.78, 5) is 20.5. The van der Waals surface area contributed by atoms with Crippen LogP contribution in [0.5, 0.6) is 0 Å². The smallest absolute Gasteiger partial charge is 0.308 e. The first kappa shape index (κ1) is 17.2. The van der Waals surface area contributed by atoms with Crippen molar-refractivity contribution in [1.29, 1.82) is 0 Å². The molecule has 1 aliphatic rings. The molecule has 0 atom stereocenters. The van der Waals surface area contributed by atoms with Gasteiger partial charge in [0.05, 0.1) is 17.9 Å². The number of hydrogen-bond donors (Lipinski definition) is 1. The molecule has 0 aliphatic carbocycles. The first-order valence-corrected chi connectivity index (χ1v) is 9.68. The summed E-state index contributed by atoms with van der Waals surface area (Å²) in [6, 6.07) is 13.8. The number of nitrogens with one attached hydrogen (secondary N) is 1. The largest absolute Gasteiger partial charge is 0.456 e. The molecule has 0 amide bonds. The zero-order valence-corrected chi connectivity index (χ0v) is 14.9. The van der Waals surface area contributed by atoms with Crippen LogP contribution in [0.3, 0.4) is 0 Å². The number of esters is 1. The van der Waals surface area contributed by atoms with E-state index in [9.17, 15) is 13.2 Å². The predicted molar refractivity (Wildman–Crippen MR) is 96.6 cm³/mol. The summed E-state index contributed by atoms with van der Waals surface area (Å²) in [5.41, 5.74) is 1.82. The second kappa shape index (κ2) is 6.84. The van der Waals surface area contributed by atoms with Gasteiger partial charge in [-0.2, -0.15) is 0 Å². The van der Waals surface area contributed by atoms with E-state index in [1.54, 1.807) is 30.3 Å². The van der Waals surface area contributed by atoms with Gasteiger partial charge in [0.15, 0.2) is 12.2 Å². The van der Waals surface area contributed by atoms with Crippen molar-refractivity contribution < 1.29 is 22.4 Å².